The van der Waals surface area contributed by atoms with Gasteiger partial charge in [-0.3, -0.25) is 0 Å². The van der Waals surface area contributed by atoms with Gasteiger partial charge in [0.05, 0.1) is 11.4 Å². The molecular formula is C16H21N7. The summed E-state index contributed by atoms with van der Waals surface area (Å²) in [5, 5.41) is 19.3. The number of anilines is 2. The molecule has 3 heterocycles. The van der Waals surface area contributed by atoms with E-state index in [1.165, 1.54) is 0 Å². The zero-order chi connectivity index (χ0) is 16.2. The number of hydrogen-bond acceptors (Lipinski definition) is 6. The van der Waals surface area contributed by atoms with Gasteiger partial charge in [-0.15, -0.1) is 10.2 Å². The van der Waals surface area contributed by atoms with Crippen LogP contribution in [0.15, 0.2) is 30.7 Å². The molecule has 0 fully saturated rings. The van der Waals surface area contributed by atoms with E-state index in [2.05, 4.69) is 44.8 Å². The topological polar surface area (TPSA) is 80.0 Å². The first kappa shape index (κ1) is 15.2. The molecule has 0 spiro atoms. The van der Waals surface area contributed by atoms with E-state index in [0.717, 1.165) is 41.5 Å². The maximum atomic E-state index is 4.51. The van der Waals surface area contributed by atoms with Crippen molar-refractivity contribution in [2.75, 3.05) is 23.7 Å². The number of nitrogens with zero attached hydrogens (tertiary/aromatic N) is 5. The van der Waals surface area contributed by atoms with E-state index in [-0.39, 0.29) is 0 Å². The molecule has 0 radical (unpaired) electrons. The van der Waals surface area contributed by atoms with Gasteiger partial charge in [0.2, 0.25) is 5.65 Å². The van der Waals surface area contributed by atoms with Crippen molar-refractivity contribution in [3.8, 4) is 0 Å². The number of aryl methyl sites for hydroxylation is 1. The third-order valence-electron chi connectivity index (χ3n) is 3.62. The Hall–Kier alpha value is -2.70. The van der Waals surface area contributed by atoms with Crippen molar-refractivity contribution in [1.82, 2.24) is 24.8 Å². The van der Waals surface area contributed by atoms with Crippen LogP contribution in [0, 0.1) is 6.92 Å². The van der Waals surface area contributed by atoms with E-state index >= 15 is 0 Å². The van der Waals surface area contributed by atoms with Gasteiger partial charge in [0, 0.05) is 19.3 Å². The molecule has 0 aliphatic heterocycles. The predicted molar refractivity (Wildman–Crippen MR) is 90.8 cm³/mol. The van der Waals surface area contributed by atoms with Gasteiger partial charge >= 0.3 is 0 Å². The molecule has 3 rings (SSSR count). The van der Waals surface area contributed by atoms with Crippen LogP contribution in [-0.2, 0) is 0 Å². The van der Waals surface area contributed by atoms with E-state index in [1.807, 2.05) is 25.1 Å². The molecule has 0 atom stereocenters. The number of hydrogen-bond donors (Lipinski definition) is 2. The molecule has 3 aromatic rings. The van der Waals surface area contributed by atoms with Crippen molar-refractivity contribution in [3.63, 3.8) is 0 Å². The van der Waals surface area contributed by atoms with Crippen molar-refractivity contribution in [3.05, 3.63) is 42.0 Å². The number of aromatic nitrogens is 5. The molecule has 0 unspecified atom stereocenters. The van der Waals surface area contributed by atoms with Crippen molar-refractivity contribution in [2.24, 2.45) is 0 Å². The van der Waals surface area contributed by atoms with E-state index in [4.69, 9.17) is 0 Å². The Labute approximate surface area is 135 Å². The van der Waals surface area contributed by atoms with Crippen LogP contribution in [-0.4, -0.2) is 37.9 Å². The van der Waals surface area contributed by atoms with Gasteiger partial charge < -0.3 is 10.6 Å². The molecule has 0 amide bonds. The molecule has 0 aliphatic rings. The Kier molecular flexibility index (Phi) is 4.36. The zero-order valence-corrected chi connectivity index (χ0v) is 13.6. The molecule has 0 saturated heterocycles. The molecule has 0 aliphatic carbocycles. The minimum absolute atomic E-state index is 0.344. The first-order chi connectivity index (χ1) is 11.1. The number of rotatable bonds is 6. The first-order valence-electron chi connectivity index (χ1n) is 7.75. The fourth-order valence-corrected chi connectivity index (χ4v) is 2.31. The molecule has 0 aromatic carbocycles. The average Bonchev–Trinajstić information content (AvgIpc) is 3.01. The number of nitrogens with one attached hydrogen (secondary N) is 2. The molecule has 0 bridgehead atoms. The smallest absolute Gasteiger partial charge is 0.200 e. The van der Waals surface area contributed by atoms with Gasteiger partial charge in [-0.2, -0.15) is 9.61 Å². The fourth-order valence-electron chi connectivity index (χ4n) is 2.31. The van der Waals surface area contributed by atoms with Gasteiger partial charge in [0.25, 0.3) is 0 Å². The number of pyridine rings is 1. The Balaban J connectivity index is 1.67. The lowest BCUT2D eigenvalue weighted by Crippen LogP contribution is -2.16. The molecule has 7 heteroatoms. The molecule has 3 aromatic heterocycles. The van der Waals surface area contributed by atoms with Crippen molar-refractivity contribution in [1.29, 1.82) is 0 Å². The highest BCUT2D eigenvalue weighted by molar-refractivity contribution is 5.66. The molecule has 7 nitrogen and oxygen atoms in total. The summed E-state index contributed by atoms with van der Waals surface area (Å²) >= 11 is 0. The van der Waals surface area contributed by atoms with Crippen LogP contribution in [0.2, 0.25) is 0 Å². The summed E-state index contributed by atoms with van der Waals surface area (Å²) in [6.45, 7) is 7.79. The van der Waals surface area contributed by atoms with Gasteiger partial charge in [0.1, 0.15) is 12.1 Å². The normalized spacial score (nSPS) is 11.1. The third-order valence-corrected chi connectivity index (χ3v) is 3.62. The van der Waals surface area contributed by atoms with Gasteiger partial charge in [-0.1, -0.05) is 19.9 Å². The van der Waals surface area contributed by atoms with Crippen molar-refractivity contribution >= 4 is 17.2 Å². The Bertz CT molecular complexity index is 794. The maximum absolute atomic E-state index is 4.51. The molecular weight excluding hydrogens is 290 g/mol. The summed E-state index contributed by atoms with van der Waals surface area (Å²) in [7, 11) is 0. The summed E-state index contributed by atoms with van der Waals surface area (Å²) in [6.07, 6.45) is 3.42. The maximum Gasteiger partial charge on any atom is 0.200 e. The van der Waals surface area contributed by atoms with Gasteiger partial charge in [0.15, 0.2) is 0 Å². The zero-order valence-electron chi connectivity index (χ0n) is 13.6. The Morgan fingerprint density at radius 2 is 2.04 bits per heavy atom. The summed E-state index contributed by atoms with van der Waals surface area (Å²) < 4.78 is 1.72. The van der Waals surface area contributed by atoms with Gasteiger partial charge in [-0.05, 0) is 30.5 Å². The van der Waals surface area contributed by atoms with Crippen LogP contribution in [0.3, 0.4) is 0 Å². The van der Waals surface area contributed by atoms with E-state index < -0.39 is 0 Å². The van der Waals surface area contributed by atoms with Crippen LogP contribution in [0.1, 0.15) is 31.0 Å². The lowest BCUT2D eigenvalue weighted by Gasteiger charge is -2.12. The largest absolute Gasteiger partial charge is 0.380 e. The molecule has 23 heavy (non-hydrogen) atoms. The SMILES string of the molecule is Cc1cccnc1NCCNc1cc(C(C)C)nn2cnnc12. The monoisotopic (exact) mass is 311 g/mol. The summed E-state index contributed by atoms with van der Waals surface area (Å²) in [5.41, 5.74) is 3.83. The predicted octanol–water partition coefficient (Wildman–Crippen LogP) is 2.48. The highest BCUT2D eigenvalue weighted by Gasteiger charge is 2.10. The van der Waals surface area contributed by atoms with Crippen LogP contribution in [0.25, 0.3) is 5.65 Å². The van der Waals surface area contributed by atoms with Crippen molar-refractivity contribution < 1.29 is 0 Å². The fraction of sp³-hybridized carbons (Fsp3) is 0.375. The minimum atomic E-state index is 0.344. The lowest BCUT2D eigenvalue weighted by molar-refractivity contribution is 0.762. The first-order valence-corrected chi connectivity index (χ1v) is 7.75. The highest BCUT2D eigenvalue weighted by atomic mass is 15.3. The average molecular weight is 311 g/mol. The lowest BCUT2D eigenvalue weighted by atomic mass is 10.1. The molecule has 120 valence electrons. The van der Waals surface area contributed by atoms with Crippen molar-refractivity contribution in [2.45, 2.75) is 26.7 Å². The Morgan fingerprint density at radius 3 is 2.83 bits per heavy atom. The van der Waals surface area contributed by atoms with Crippen LogP contribution in [0.5, 0.6) is 0 Å². The second-order valence-corrected chi connectivity index (χ2v) is 5.76. The van der Waals surface area contributed by atoms with E-state index in [9.17, 15) is 0 Å². The third kappa shape index (κ3) is 3.39. The molecule has 2 N–H and O–H groups in total. The Morgan fingerprint density at radius 1 is 1.22 bits per heavy atom. The summed E-state index contributed by atoms with van der Waals surface area (Å²) in [5.74, 6) is 1.26. The van der Waals surface area contributed by atoms with Gasteiger partial charge in [-0.25, -0.2) is 4.98 Å². The summed E-state index contributed by atoms with van der Waals surface area (Å²) in [6, 6.07) is 6.02. The molecule has 0 saturated carbocycles. The van der Waals surface area contributed by atoms with Crippen LogP contribution < -0.4 is 10.6 Å². The number of fused-ring (bicyclic) bond motifs is 1. The van der Waals surface area contributed by atoms with E-state index in [0.29, 0.717) is 5.92 Å². The second kappa shape index (κ2) is 6.60. The van der Waals surface area contributed by atoms with Crippen LogP contribution >= 0.6 is 0 Å². The van der Waals surface area contributed by atoms with E-state index in [1.54, 1.807) is 17.0 Å². The van der Waals surface area contributed by atoms with Crippen LogP contribution in [0.4, 0.5) is 11.5 Å². The summed E-state index contributed by atoms with van der Waals surface area (Å²) in [4.78, 5) is 4.33. The standard InChI is InChI=1S/C16H21N7/c1-11(2)13-9-14(16-21-20-10-23(16)22-13)17-7-8-19-15-12(3)5-4-6-18-15/h4-6,9-11,17H,7-8H2,1-3H3,(H,18,19). The quantitative estimate of drug-likeness (QED) is 0.681. The minimum Gasteiger partial charge on any atom is -0.380 e. The highest BCUT2D eigenvalue weighted by Crippen LogP contribution is 2.19. The second-order valence-electron chi connectivity index (χ2n) is 5.76.